The summed E-state index contributed by atoms with van der Waals surface area (Å²) in [4.78, 5) is 11.2. The SMILES string of the molecule is CCNC(=O)CCNCC(C)(C)C(C)C. The maximum absolute atomic E-state index is 11.2. The molecule has 1 amide bonds. The average Bonchev–Trinajstić information content (AvgIpc) is 2.13. The van der Waals surface area contributed by atoms with Crippen LogP contribution < -0.4 is 10.6 Å². The Hall–Kier alpha value is -0.570. The number of hydrogen-bond donors (Lipinski definition) is 2. The minimum absolute atomic E-state index is 0.132. The van der Waals surface area contributed by atoms with Crippen molar-refractivity contribution in [3.63, 3.8) is 0 Å². The van der Waals surface area contributed by atoms with Crippen LogP contribution in [0.2, 0.25) is 0 Å². The summed E-state index contributed by atoms with van der Waals surface area (Å²) in [6.45, 7) is 13.3. The first-order valence-corrected chi connectivity index (χ1v) is 5.87. The van der Waals surface area contributed by atoms with Crippen molar-refractivity contribution >= 4 is 5.91 Å². The minimum atomic E-state index is 0.132. The summed E-state index contributed by atoms with van der Waals surface area (Å²) in [5.41, 5.74) is 0.293. The van der Waals surface area contributed by atoms with Crippen LogP contribution in [0.3, 0.4) is 0 Å². The second kappa shape index (κ2) is 6.83. The van der Waals surface area contributed by atoms with Crippen LogP contribution in [0.4, 0.5) is 0 Å². The molecule has 3 heteroatoms. The fraction of sp³-hybridized carbons (Fsp3) is 0.917. The van der Waals surface area contributed by atoms with Gasteiger partial charge in [-0.2, -0.15) is 0 Å². The Morgan fingerprint density at radius 3 is 2.40 bits per heavy atom. The molecule has 0 aliphatic rings. The second-order valence-electron chi connectivity index (χ2n) is 5.02. The maximum atomic E-state index is 11.2. The lowest BCUT2D eigenvalue weighted by Crippen LogP contribution is -2.35. The van der Waals surface area contributed by atoms with Crippen LogP contribution in [0.15, 0.2) is 0 Å². The highest BCUT2D eigenvalue weighted by Gasteiger charge is 2.21. The lowest BCUT2D eigenvalue weighted by Gasteiger charge is -2.29. The van der Waals surface area contributed by atoms with Gasteiger partial charge in [0.05, 0.1) is 0 Å². The standard InChI is InChI=1S/C12H26N2O/c1-6-14-11(15)7-8-13-9-12(4,5)10(2)3/h10,13H,6-9H2,1-5H3,(H,14,15). The van der Waals surface area contributed by atoms with E-state index in [1.807, 2.05) is 6.92 Å². The topological polar surface area (TPSA) is 41.1 Å². The smallest absolute Gasteiger partial charge is 0.221 e. The Morgan fingerprint density at radius 2 is 1.93 bits per heavy atom. The molecule has 0 aromatic heterocycles. The summed E-state index contributed by atoms with van der Waals surface area (Å²) in [6, 6.07) is 0. The molecule has 0 saturated heterocycles. The molecule has 3 nitrogen and oxygen atoms in total. The number of hydrogen-bond acceptors (Lipinski definition) is 2. The molecule has 0 aliphatic heterocycles. The van der Waals surface area contributed by atoms with E-state index >= 15 is 0 Å². The zero-order valence-electron chi connectivity index (χ0n) is 10.8. The molecule has 0 radical (unpaired) electrons. The molecule has 0 fully saturated rings. The molecule has 0 aromatic carbocycles. The van der Waals surface area contributed by atoms with Crippen molar-refractivity contribution in [3.8, 4) is 0 Å². The van der Waals surface area contributed by atoms with Gasteiger partial charge in [0.25, 0.3) is 0 Å². The molecule has 0 aromatic rings. The van der Waals surface area contributed by atoms with Crippen LogP contribution in [0.1, 0.15) is 41.0 Å². The van der Waals surface area contributed by atoms with Gasteiger partial charge in [-0.05, 0) is 18.3 Å². The first-order valence-electron chi connectivity index (χ1n) is 5.87. The van der Waals surface area contributed by atoms with Gasteiger partial charge < -0.3 is 10.6 Å². The van der Waals surface area contributed by atoms with Crippen LogP contribution in [-0.4, -0.2) is 25.5 Å². The van der Waals surface area contributed by atoms with E-state index in [0.717, 1.165) is 19.6 Å². The molecule has 0 aliphatic carbocycles. The van der Waals surface area contributed by atoms with Crippen molar-refractivity contribution in [1.82, 2.24) is 10.6 Å². The zero-order valence-corrected chi connectivity index (χ0v) is 10.8. The Morgan fingerprint density at radius 1 is 1.33 bits per heavy atom. The lowest BCUT2D eigenvalue weighted by atomic mass is 9.81. The molecule has 0 unspecified atom stereocenters. The molecule has 0 bridgehead atoms. The van der Waals surface area contributed by atoms with Crippen LogP contribution >= 0.6 is 0 Å². The summed E-state index contributed by atoms with van der Waals surface area (Å²) in [5.74, 6) is 0.779. The summed E-state index contributed by atoms with van der Waals surface area (Å²) in [7, 11) is 0. The third-order valence-electron chi connectivity index (χ3n) is 3.05. The van der Waals surface area contributed by atoms with Gasteiger partial charge in [0.15, 0.2) is 0 Å². The van der Waals surface area contributed by atoms with E-state index in [0.29, 0.717) is 17.8 Å². The van der Waals surface area contributed by atoms with Crippen molar-refractivity contribution in [3.05, 3.63) is 0 Å². The van der Waals surface area contributed by atoms with Gasteiger partial charge >= 0.3 is 0 Å². The number of carbonyl (C=O) groups excluding carboxylic acids is 1. The molecule has 0 spiro atoms. The first-order chi connectivity index (χ1) is 6.90. The lowest BCUT2D eigenvalue weighted by molar-refractivity contribution is -0.120. The van der Waals surface area contributed by atoms with E-state index < -0.39 is 0 Å². The number of rotatable bonds is 7. The van der Waals surface area contributed by atoms with Crippen LogP contribution in [0.25, 0.3) is 0 Å². The van der Waals surface area contributed by atoms with E-state index in [1.165, 1.54) is 0 Å². The van der Waals surface area contributed by atoms with Gasteiger partial charge in [0.1, 0.15) is 0 Å². The summed E-state index contributed by atoms with van der Waals surface area (Å²) < 4.78 is 0. The Bertz CT molecular complexity index is 188. The highest BCUT2D eigenvalue weighted by molar-refractivity contribution is 5.75. The number of nitrogens with one attached hydrogen (secondary N) is 2. The molecule has 0 saturated carbocycles. The fourth-order valence-corrected chi connectivity index (χ4v) is 1.10. The summed E-state index contributed by atoms with van der Waals surface area (Å²) in [5, 5.41) is 6.12. The number of amides is 1. The van der Waals surface area contributed by atoms with E-state index in [9.17, 15) is 4.79 Å². The zero-order chi connectivity index (χ0) is 11.9. The van der Waals surface area contributed by atoms with E-state index in [-0.39, 0.29) is 5.91 Å². The Kier molecular flexibility index (Phi) is 6.57. The highest BCUT2D eigenvalue weighted by atomic mass is 16.1. The van der Waals surface area contributed by atoms with E-state index in [4.69, 9.17) is 0 Å². The molecule has 15 heavy (non-hydrogen) atoms. The van der Waals surface area contributed by atoms with Gasteiger partial charge in [-0.15, -0.1) is 0 Å². The summed E-state index contributed by atoms with van der Waals surface area (Å²) >= 11 is 0. The van der Waals surface area contributed by atoms with Gasteiger partial charge in [-0.3, -0.25) is 4.79 Å². The van der Waals surface area contributed by atoms with Gasteiger partial charge in [-0.25, -0.2) is 0 Å². The van der Waals surface area contributed by atoms with E-state index in [2.05, 4.69) is 38.3 Å². The van der Waals surface area contributed by atoms with Gasteiger partial charge in [0.2, 0.25) is 5.91 Å². The number of carbonyl (C=O) groups is 1. The third kappa shape index (κ3) is 6.50. The van der Waals surface area contributed by atoms with Crippen molar-refractivity contribution in [2.75, 3.05) is 19.6 Å². The normalized spacial score (nSPS) is 11.9. The van der Waals surface area contributed by atoms with Gasteiger partial charge in [0, 0.05) is 26.1 Å². The van der Waals surface area contributed by atoms with Crippen molar-refractivity contribution < 1.29 is 4.79 Å². The third-order valence-corrected chi connectivity index (χ3v) is 3.05. The monoisotopic (exact) mass is 214 g/mol. The molecule has 0 rings (SSSR count). The summed E-state index contributed by atoms with van der Waals surface area (Å²) in [6.07, 6.45) is 0.571. The molecule has 2 N–H and O–H groups in total. The van der Waals surface area contributed by atoms with Crippen molar-refractivity contribution in [2.45, 2.75) is 41.0 Å². The Balaban J connectivity index is 3.58. The largest absolute Gasteiger partial charge is 0.356 e. The van der Waals surface area contributed by atoms with Crippen molar-refractivity contribution in [2.24, 2.45) is 11.3 Å². The maximum Gasteiger partial charge on any atom is 0.221 e. The fourth-order valence-electron chi connectivity index (χ4n) is 1.10. The quantitative estimate of drug-likeness (QED) is 0.634. The highest BCUT2D eigenvalue weighted by Crippen LogP contribution is 2.24. The van der Waals surface area contributed by atoms with Crippen LogP contribution in [0.5, 0.6) is 0 Å². The van der Waals surface area contributed by atoms with E-state index in [1.54, 1.807) is 0 Å². The molecular weight excluding hydrogens is 188 g/mol. The van der Waals surface area contributed by atoms with Crippen molar-refractivity contribution in [1.29, 1.82) is 0 Å². The van der Waals surface area contributed by atoms with Crippen LogP contribution in [0, 0.1) is 11.3 Å². The molecule has 90 valence electrons. The van der Waals surface area contributed by atoms with Crippen LogP contribution in [-0.2, 0) is 4.79 Å². The molecular formula is C12H26N2O. The predicted molar refractivity (Wildman–Crippen MR) is 64.8 cm³/mol. The first kappa shape index (κ1) is 14.4. The van der Waals surface area contributed by atoms with Gasteiger partial charge in [-0.1, -0.05) is 27.7 Å². The molecule has 0 atom stereocenters. The molecule has 0 heterocycles. The Labute approximate surface area is 94.0 Å². The minimum Gasteiger partial charge on any atom is -0.356 e. The predicted octanol–water partition coefficient (Wildman–Crippen LogP) is 1.78. The average molecular weight is 214 g/mol. The second-order valence-corrected chi connectivity index (χ2v) is 5.02.